The monoisotopic (exact) mass is 290 g/mol. The van der Waals surface area contributed by atoms with Crippen LogP contribution in [0.2, 0.25) is 0 Å². The van der Waals surface area contributed by atoms with Crippen LogP contribution in [0.4, 0.5) is 4.39 Å². The SMILES string of the molecule is CCS(=O)(=O)CCCOc1cccc(F)c1C(=O)O. The van der Waals surface area contributed by atoms with Gasteiger partial charge in [-0.1, -0.05) is 13.0 Å². The number of hydrogen-bond donors (Lipinski definition) is 1. The van der Waals surface area contributed by atoms with Gasteiger partial charge in [0.2, 0.25) is 0 Å². The average molecular weight is 290 g/mol. The average Bonchev–Trinajstić information content (AvgIpc) is 2.34. The van der Waals surface area contributed by atoms with Crippen molar-refractivity contribution in [2.45, 2.75) is 13.3 Å². The molecule has 1 N–H and O–H groups in total. The van der Waals surface area contributed by atoms with E-state index < -0.39 is 27.2 Å². The number of benzene rings is 1. The van der Waals surface area contributed by atoms with E-state index in [9.17, 15) is 17.6 Å². The van der Waals surface area contributed by atoms with Crippen LogP contribution >= 0.6 is 0 Å². The lowest BCUT2D eigenvalue weighted by Gasteiger charge is -2.09. The predicted octanol–water partition coefficient (Wildman–Crippen LogP) is 1.73. The Morgan fingerprint density at radius 3 is 2.68 bits per heavy atom. The molecule has 7 heteroatoms. The van der Waals surface area contributed by atoms with Gasteiger partial charge in [0.25, 0.3) is 0 Å². The van der Waals surface area contributed by atoms with E-state index >= 15 is 0 Å². The molecule has 0 radical (unpaired) electrons. The number of carboxylic acids is 1. The Hall–Kier alpha value is -1.63. The van der Waals surface area contributed by atoms with Gasteiger partial charge >= 0.3 is 5.97 Å². The molecule has 19 heavy (non-hydrogen) atoms. The zero-order valence-electron chi connectivity index (χ0n) is 10.4. The van der Waals surface area contributed by atoms with E-state index in [2.05, 4.69) is 0 Å². The number of aromatic carboxylic acids is 1. The predicted molar refractivity (Wildman–Crippen MR) is 67.8 cm³/mol. The topological polar surface area (TPSA) is 80.7 Å². The second-order valence-electron chi connectivity index (χ2n) is 3.86. The van der Waals surface area contributed by atoms with E-state index in [0.29, 0.717) is 0 Å². The molecule has 0 atom stereocenters. The molecule has 0 amide bonds. The van der Waals surface area contributed by atoms with E-state index in [1.54, 1.807) is 6.92 Å². The summed E-state index contributed by atoms with van der Waals surface area (Å²) in [6.07, 6.45) is 0.228. The molecule has 0 heterocycles. The van der Waals surface area contributed by atoms with Crippen LogP contribution in [0.25, 0.3) is 0 Å². The second kappa shape index (κ2) is 6.51. The van der Waals surface area contributed by atoms with Crippen molar-refractivity contribution in [1.82, 2.24) is 0 Å². The van der Waals surface area contributed by atoms with Crippen LogP contribution in [-0.4, -0.2) is 37.6 Å². The first-order valence-electron chi connectivity index (χ1n) is 5.72. The van der Waals surface area contributed by atoms with E-state index in [0.717, 1.165) is 6.07 Å². The summed E-state index contributed by atoms with van der Waals surface area (Å²) in [5.74, 6) is -2.39. The van der Waals surface area contributed by atoms with Crippen molar-refractivity contribution in [1.29, 1.82) is 0 Å². The molecule has 0 aromatic heterocycles. The van der Waals surface area contributed by atoms with Crippen molar-refractivity contribution in [3.05, 3.63) is 29.6 Å². The van der Waals surface area contributed by atoms with Crippen molar-refractivity contribution in [3.8, 4) is 5.75 Å². The maximum Gasteiger partial charge on any atom is 0.342 e. The van der Waals surface area contributed by atoms with Gasteiger partial charge in [-0.25, -0.2) is 17.6 Å². The molecule has 0 unspecified atom stereocenters. The van der Waals surface area contributed by atoms with Crippen molar-refractivity contribution < 1.29 is 27.4 Å². The first-order valence-corrected chi connectivity index (χ1v) is 7.54. The fourth-order valence-electron chi connectivity index (χ4n) is 1.44. The molecule has 0 bridgehead atoms. The summed E-state index contributed by atoms with van der Waals surface area (Å²) in [5, 5.41) is 8.85. The Kier molecular flexibility index (Phi) is 5.29. The van der Waals surface area contributed by atoms with E-state index in [-0.39, 0.29) is 30.3 Å². The molecular weight excluding hydrogens is 275 g/mol. The highest BCUT2D eigenvalue weighted by molar-refractivity contribution is 7.91. The molecule has 0 aliphatic rings. The lowest BCUT2D eigenvalue weighted by atomic mass is 10.2. The van der Waals surface area contributed by atoms with Crippen LogP contribution in [0, 0.1) is 5.82 Å². The highest BCUT2D eigenvalue weighted by Crippen LogP contribution is 2.21. The Morgan fingerprint density at radius 1 is 1.42 bits per heavy atom. The zero-order valence-corrected chi connectivity index (χ0v) is 11.2. The number of carboxylic acid groups (broad SMARTS) is 1. The second-order valence-corrected chi connectivity index (χ2v) is 6.33. The van der Waals surface area contributed by atoms with Crippen molar-refractivity contribution >= 4 is 15.8 Å². The standard InChI is InChI=1S/C12H15FO5S/c1-2-19(16,17)8-4-7-18-10-6-3-5-9(13)11(10)12(14)15/h3,5-6H,2,4,7-8H2,1H3,(H,14,15). The number of halogens is 1. The molecule has 106 valence electrons. The minimum Gasteiger partial charge on any atom is -0.493 e. The molecule has 5 nitrogen and oxygen atoms in total. The number of ether oxygens (including phenoxy) is 1. The number of sulfone groups is 1. The first-order chi connectivity index (χ1) is 8.87. The molecule has 0 fully saturated rings. The molecule has 0 saturated carbocycles. The van der Waals surface area contributed by atoms with Crippen molar-refractivity contribution in [2.24, 2.45) is 0 Å². The van der Waals surface area contributed by atoms with Crippen molar-refractivity contribution in [3.63, 3.8) is 0 Å². The summed E-state index contributed by atoms with van der Waals surface area (Å²) in [6.45, 7) is 1.56. The quantitative estimate of drug-likeness (QED) is 0.773. The lowest BCUT2D eigenvalue weighted by molar-refractivity contribution is 0.0687. The zero-order chi connectivity index (χ0) is 14.5. The van der Waals surface area contributed by atoms with Crippen LogP contribution in [0.5, 0.6) is 5.75 Å². The highest BCUT2D eigenvalue weighted by Gasteiger charge is 2.17. The molecular formula is C12H15FO5S. The fourth-order valence-corrected chi connectivity index (χ4v) is 2.28. The van der Waals surface area contributed by atoms with Gasteiger partial charge in [-0.2, -0.15) is 0 Å². The van der Waals surface area contributed by atoms with Gasteiger partial charge in [0.05, 0.1) is 12.4 Å². The Labute approximate surface area is 110 Å². The third-order valence-electron chi connectivity index (χ3n) is 2.49. The maximum atomic E-state index is 13.3. The summed E-state index contributed by atoms with van der Waals surface area (Å²) in [7, 11) is -3.08. The normalized spacial score (nSPS) is 11.3. The van der Waals surface area contributed by atoms with Crippen LogP contribution in [0.3, 0.4) is 0 Å². The maximum absolute atomic E-state index is 13.3. The van der Waals surface area contributed by atoms with Crippen LogP contribution in [0.1, 0.15) is 23.7 Å². The van der Waals surface area contributed by atoms with Gasteiger partial charge < -0.3 is 9.84 Å². The molecule has 1 aromatic carbocycles. The summed E-state index contributed by atoms with van der Waals surface area (Å²) in [4.78, 5) is 10.9. The van der Waals surface area contributed by atoms with Gasteiger partial charge in [0.1, 0.15) is 27.0 Å². The minimum atomic E-state index is -3.08. The Balaban J connectivity index is 2.64. The third kappa shape index (κ3) is 4.51. The smallest absolute Gasteiger partial charge is 0.342 e. The third-order valence-corrected chi connectivity index (χ3v) is 4.28. The molecule has 1 aromatic rings. The number of carbonyl (C=O) groups is 1. The van der Waals surface area contributed by atoms with E-state index in [4.69, 9.17) is 9.84 Å². The van der Waals surface area contributed by atoms with Crippen LogP contribution < -0.4 is 4.74 Å². The molecule has 0 spiro atoms. The first kappa shape index (κ1) is 15.4. The Bertz CT molecular complexity index is 553. The Morgan fingerprint density at radius 2 is 2.11 bits per heavy atom. The summed E-state index contributed by atoms with van der Waals surface area (Å²) < 4.78 is 40.9. The van der Waals surface area contributed by atoms with Crippen molar-refractivity contribution in [2.75, 3.05) is 18.1 Å². The largest absolute Gasteiger partial charge is 0.493 e. The highest BCUT2D eigenvalue weighted by atomic mass is 32.2. The molecule has 0 saturated heterocycles. The van der Waals surface area contributed by atoms with E-state index in [1.807, 2.05) is 0 Å². The van der Waals surface area contributed by atoms with Gasteiger partial charge in [0, 0.05) is 5.75 Å². The van der Waals surface area contributed by atoms with Gasteiger partial charge in [-0.3, -0.25) is 0 Å². The van der Waals surface area contributed by atoms with Gasteiger partial charge in [-0.05, 0) is 18.6 Å². The number of rotatable bonds is 7. The van der Waals surface area contributed by atoms with Crippen LogP contribution in [-0.2, 0) is 9.84 Å². The summed E-state index contributed by atoms with van der Waals surface area (Å²) in [6, 6.07) is 3.69. The van der Waals surface area contributed by atoms with E-state index in [1.165, 1.54) is 12.1 Å². The fraction of sp³-hybridized carbons (Fsp3) is 0.417. The summed E-state index contributed by atoms with van der Waals surface area (Å²) in [5.41, 5.74) is -0.541. The molecule has 0 aliphatic heterocycles. The summed E-state index contributed by atoms with van der Waals surface area (Å²) >= 11 is 0. The van der Waals surface area contributed by atoms with Gasteiger partial charge in [0.15, 0.2) is 0 Å². The van der Waals surface area contributed by atoms with Gasteiger partial charge in [-0.15, -0.1) is 0 Å². The van der Waals surface area contributed by atoms with Crippen LogP contribution in [0.15, 0.2) is 18.2 Å². The minimum absolute atomic E-state index is 0.0168. The number of hydrogen-bond acceptors (Lipinski definition) is 4. The molecule has 0 aliphatic carbocycles. The lowest BCUT2D eigenvalue weighted by Crippen LogP contribution is -2.13. The molecule has 1 rings (SSSR count).